The number of aromatic nitrogens is 1. The van der Waals surface area contributed by atoms with E-state index >= 15 is 0 Å². The lowest BCUT2D eigenvalue weighted by molar-refractivity contribution is -0.141. The number of carbonyl (C=O) groups excluding carboxylic acids is 1. The first-order valence-electron chi connectivity index (χ1n) is 6.52. The van der Waals surface area contributed by atoms with Crippen LogP contribution in [0, 0.1) is 19.8 Å². The van der Waals surface area contributed by atoms with Gasteiger partial charge < -0.3 is 15.7 Å². The fraction of sp³-hybridized carbons (Fsp3) is 0.615. The lowest BCUT2D eigenvalue weighted by atomic mass is 10.1. The maximum atomic E-state index is 11.7. The fourth-order valence-corrected chi connectivity index (χ4v) is 2.72. The summed E-state index contributed by atoms with van der Waals surface area (Å²) >= 11 is 1.57. The summed E-state index contributed by atoms with van der Waals surface area (Å²) < 4.78 is 0. The number of urea groups is 1. The van der Waals surface area contributed by atoms with Gasteiger partial charge >= 0.3 is 12.0 Å². The Morgan fingerprint density at radius 2 is 2.00 bits per heavy atom. The first kappa shape index (κ1) is 16.4. The lowest BCUT2D eigenvalue weighted by Gasteiger charge is -2.14. The number of hydrogen-bond donors (Lipinski definition) is 3. The predicted molar refractivity (Wildman–Crippen MR) is 78.0 cm³/mol. The van der Waals surface area contributed by atoms with Crippen molar-refractivity contribution in [2.75, 3.05) is 6.54 Å². The Morgan fingerprint density at radius 1 is 1.35 bits per heavy atom. The molecule has 7 heteroatoms. The quantitative estimate of drug-likeness (QED) is 0.751. The van der Waals surface area contributed by atoms with Gasteiger partial charge in [-0.1, -0.05) is 6.92 Å². The molecule has 1 rings (SSSR count). The lowest BCUT2D eigenvalue weighted by Crippen LogP contribution is -2.38. The first-order valence-corrected chi connectivity index (χ1v) is 7.34. The highest BCUT2D eigenvalue weighted by Gasteiger charge is 2.15. The summed E-state index contributed by atoms with van der Waals surface area (Å²) in [6.45, 7) is 7.71. The average Bonchev–Trinajstić information content (AvgIpc) is 2.68. The van der Waals surface area contributed by atoms with Crippen LogP contribution in [-0.2, 0) is 4.79 Å². The number of nitrogens with one attached hydrogen (secondary N) is 2. The van der Waals surface area contributed by atoms with Gasteiger partial charge in [0.25, 0.3) is 0 Å². The Morgan fingerprint density at radius 3 is 2.50 bits per heavy atom. The SMILES string of the molecule is Cc1nc(C)c(C(C)NC(=O)NCCC(C)C(=O)O)s1. The van der Waals surface area contributed by atoms with Crippen LogP contribution in [0.5, 0.6) is 0 Å². The summed E-state index contributed by atoms with van der Waals surface area (Å²) in [6.07, 6.45) is 0.413. The average molecular weight is 299 g/mol. The molecular formula is C13H21N3O3S. The van der Waals surface area contributed by atoms with Gasteiger partial charge in [-0.05, 0) is 27.2 Å². The first-order chi connectivity index (χ1) is 9.31. The monoisotopic (exact) mass is 299 g/mol. The minimum atomic E-state index is -0.851. The van der Waals surface area contributed by atoms with Crippen molar-refractivity contribution < 1.29 is 14.7 Å². The maximum Gasteiger partial charge on any atom is 0.315 e. The van der Waals surface area contributed by atoms with Crippen molar-refractivity contribution in [2.24, 2.45) is 5.92 Å². The molecule has 0 aliphatic rings. The van der Waals surface area contributed by atoms with Crippen LogP contribution in [0.25, 0.3) is 0 Å². The van der Waals surface area contributed by atoms with Gasteiger partial charge in [-0.3, -0.25) is 4.79 Å². The van der Waals surface area contributed by atoms with Crippen LogP contribution >= 0.6 is 11.3 Å². The molecule has 1 heterocycles. The Labute approximate surface area is 122 Å². The number of nitrogens with zero attached hydrogens (tertiary/aromatic N) is 1. The molecule has 0 aliphatic heterocycles. The van der Waals surface area contributed by atoms with Crippen LogP contribution in [0.2, 0.25) is 0 Å². The van der Waals surface area contributed by atoms with Gasteiger partial charge in [-0.25, -0.2) is 9.78 Å². The second-order valence-electron chi connectivity index (χ2n) is 4.83. The molecule has 0 saturated heterocycles. The van der Waals surface area contributed by atoms with Crippen LogP contribution < -0.4 is 10.6 Å². The zero-order chi connectivity index (χ0) is 15.3. The standard InChI is InChI=1S/C13H21N3O3S/c1-7(12(17)18)5-6-14-13(19)16-9(3)11-8(2)15-10(4)20-11/h7,9H,5-6H2,1-4H3,(H,17,18)(H2,14,16,19). The fourth-order valence-electron chi connectivity index (χ4n) is 1.79. The Bertz CT molecular complexity index is 487. The maximum absolute atomic E-state index is 11.7. The molecular weight excluding hydrogens is 278 g/mol. The summed E-state index contributed by atoms with van der Waals surface area (Å²) in [5.41, 5.74) is 0.930. The number of aliphatic carboxylic acids is 1. The highest BCUT2D eigenvalue weighted by atomic mass is 32.1. The van der Waals surface area contributed by atoms with E-state index in [1.165, 1.54) is 0 Å². The Balaban J connectivity index is 2.39. The minimum absolute atomic E-state index is 0.113. The second-order valence-corrected chi connectivity index (χ2v) is 6.07. The largest absolute Gasteiger partial charge is 0.481 e. The molecule has 2 unspecified atom stereocenters. The van der Waals surface area contributed by atoms with Gasteiger partial charge in [0.05, 0.1) is 22.7 Å². The van der Waals surface area contributed by atoms with E-state index in [4.69, 9.17) is 5.11 Å². The van der Waals surface area contributed by atoms with Gasteiger partial charge in [0.1, 0.15) is 0 Å². The van der Waals surface area contributed by atoms with E-state index in [1.54, 1.807) is 18.3 Å². The molecule has 0 saturated carbocycles. The van der Waals surface area contributed by atoms with Crippen molar-refractivity contribution in [3.05, 3.63) is 15.6 Å². The Kier molecular flexibility index (Phi) is 5.94. The van der Waals surface area contributed by atoms with Crippen molar-refractivity contribution in [1.29, 1.82) is 0 Å². The van der Waals surface area contributed by atoms with E-state index in [0.29, 0.717) is 13.0 Å². The zero-order valence-corrected chi connectivity index (χ0v) is 13.0. The second kappa shape index (κ2) is 7.23. The molecule has 2 atom stereocenters. The molecule has 0 radical (unpaired) electrons. The summed E-state index contributed by atoms with van der Waals surface area (Å²) in [7, 11) is 0. The van der Waals surface area contributed by atoms with Crippen molar-refractivity contribution in [3.63, 3.8) is 0 Å². The molecule has 3 N–H and O–H groups in total. The predicted octanol–water partition coefficient (Wildman–Crippen LogP) is 2.23. The van der Waals surface area contributed by atoms with Crippen LogP contribution in [0.1, 0.15) is 41.9 Å². The highest BCUT2D eigenvalue weighted by Crippen LogP contribution is 2.24. The number of amides is 2. The zero-order valence-electron chi connectivity index (χ0n) is 12.2. The molecule has 0 aromatic carbocycles. The molecule has 0 aliphatic carbocycles. The molecule has 0 spiro atoms. The number of aryl methyl sites for hydroxylation is 2. The van der Waals surface area contributed by atoms with Gasteiger partial charge in [0.2, 0.25) is 0 Å². The van der Waals surface area contributed by atoms with Crippen molar-refractivity contribution in [1.82, 2.24) is 15.6 Å². The molecule has 2 amide bonds. The molecule has 112 valence electrons. The van der Waals surface area contributed by atoms with E-state index in [9.17, 15) is 9.59 Å². The summed E-state index contributed by atoms with van der Waals surface area (Å²) in [6, 6.07) is -0.404. The van der Waals surface area contributed by atoms with E-state index in [2.05, 4.69) is 15.6 Å². The highest BCUT2D eigenvalue weighted by molar-refractivity contribution is 7.11. The van der Waals surface area contributed by atoms with E-state index < -0.39 is 11.9 Å². The van der Waals surface area contributed by atoms with Crippen LogP contribution in [0.15, 0.2) is 0 Å². The molecule has 0 bridgehead atoms. The van der Waals surface area contributed by atoms with Crippen LogP contribution in [0.4, 0.5) is 4.79 Å². The van der Waals surface area contributed by atoms with Crippen LogP contribution in [-0.4, -0.2) is 28.6 Å². The summed E-state index contributed by atoms with van der Waals surface area (Å²) in [5, 5.41) is 15.2. The van der Waals surface area contributed by atoms with E-state index in [1.807, 2.05) is 20.8 Å². The third kappa shape index (κ3) is 4.80. The third-order valence-corrected chi connectivity index (χ3v) is 4.22. The summed E-state index contributed by atoms with van der Waals surface area (Å²) in [4.78, 5) is 27.7. The normalized spacial score (nSPS) is 13.6. The minimum Gasteiger partial charge on any atom is -0.481 e. The number of rotatable bonds is 6. The summed E-state index contributed by atoms with van der Waals surface area (Å²) in [5.74, 6) is -1.31. The topological polar surface area (TPSA) is 91.3 Å². The van der Waals surface area contributed by atoms with E-state index in [-0.39, 0.29) is 12.1 Å². The number of carbonyl (C=O) groups is 2. The number of hydrogen-bond acceptors (Lipinski definition) is 4. The van der Waals surface area contributed by atoms with Crippen LogP contribution in [0.3, 0.4) is 0 Å². The Hall–Kier alpha value is -1.63. The molecule has 20 heavy (non-hydrogen) atoms. The molecule has 6 nitrogen and oxygen atoms in total. The van der Waals surface area contributed by atoms with Gasteiger partial charge in [0.15, 0.2) is 0 Å². The van der Waals surface area contributed by atoms with Gasteiger partial charge in [-0.2, -0.15) is 0 Å². The molecule has 0 fully saturated rings. The number of thiazole rings is 1. The van der Waals surface area contributed by atoms with Gasteiger partial charge in [0, 0.05) is 11.4 Å². The number of carboxylic acids is 1. The van der Waals surface area contributed by atoms with Crippen molar-refractivity contribution in [2.45, 2.75) is 40.2 Å². The van der Waals surface area contributed by atoms with Crippen molar-refractivity contribution >= 4 is 23.3 Å². The number of carboxylic acid groups (broad SMARTS) is 1. The van der Waals surface area contributed by atoms with Crippen molar-refractivity contribution in [3.8, 4) is 0 Å². The van der Waals surface area contributed by atoms with Gasteiger partial charge in [-0.15, -0.1) is 11.3 Å². The third-order valence-electron chi connectivity index (χ3n) is 2.96. The smallest absolute Gasteiger partial charge is 0.315 e. The molecule has 1 aromatic heterocycles. The molecule has 1 aromatic rings. The van der Waals surface area contributed by atoms with E-state index in [0.717, 1.165) is 15.6 Å².